The second-order valence-corrected chi connectivity index (χ2v) is 4.99. The predicted octanol–water partition coefficient (Wildman–Crippen LogP) is 2.00. The molecule has 1 aliphatic rings. The van der Waals surface area contributed by atoms with Crippen molar-refractivity contribution in [1.29, 1.82) is 5.26 Å². The summed E-state index contributed by atoms with van der Waals surface area (Å²) in [5, 5.41) is 12.0. The molecule has 1 fully saturated rings. The summed E-state index contributed by atoms with van der Waals surface area (Å²) in [6.45, 7) is 7.01. The van der Waals surface area contributed by atoms with Crippen molar-refractivity contribution in [2.24, 2.45) is 5.41 Å². The van der Waals surface area contributed by atoms with Crippen molar-refractivity contribution < 1.29 is 9.53 Å². The Morgan fingerprint density at radius 3 is 2.59 bits per heavy atom. The number of ether oxygens (including phenoxy) is 1. The first-order valence-corrected chi connectivity index (χ1v) is 6.35. The summed E-state index contributed by atoms with van der Waals surface area (Å²) in [5.74, 6) is -0.165. The standard InChI is InChI=1S/C13H22N2O2/c1-4-13(5-2,9-14)11(16)15-10-12(3)7-6-8-17-12/h4-8,10H2,1-3H3,(H,15,16). The summed E-state index contributed by atoms with van der Waals surface area (Å²) in [7, 11) is 0. The SMILES string of the molecule is CCC(C#N)(CC)C(=O)NCC1(C)CCCO1. The Kier molecular flexibility index (Phi) is 4.53. The molecular formula is C13H22N2O2. The van der Waals surface area contributed by atoms with Crippen LogP contribution in [0.1, 0.15) is 46.5 Å². The van der Waals surface area contributed by atoms with Crippen molar-refractivity contribution in [3.05, 3.63) is 0 Å². The van der Waals surface area contributed by atoms with E-state index in [0.29, 0.717) is 19.4 Å². The van der Waals surface area contributed by atoms with Gasteiger partial charge in [-0.15, -0.1) is 0 Å². The van der Waals surface area contributed by atoms with Crippen molar-refractivity contribution in [2.75, 3.05) is 13.2 Å². The van der Waals surface area contributed by atoms with Gasteiger partial charge in [0.1, 0.15) is 5.41 Å². The van der Waals surface area contributed by atoms with Crippen LogP contribution in [0.15, 0.2) is 0 Å². The van der Waals surface area contributed by atoms with Gasteiger partial charge in [-0.3, -0.25) is 4.79 Å². The van der Waals surface area contributed by atoms with Crippen molar-refractivity contribution in [2.45, 2.75) is 52.1 Å². The molecule has 1 unspecified atom stereocenters. The molecule has 1 rings (SSSR count). The molecule has 1 N–H and O–H groups in total. The second-order valence-electron chi connectivity index (χ2n) is 4.99. The quantitative estimate of drug-likeness (QED) is 0.796. The van der Waals surface area contributed by atoms with E-state index in [1.807, 2.05) is 20.8 Å². The maximum absolute atomic E-state index is 12.1. The zero-order valence-corrected chi connectivity index (χ0v) is 11.0. The molecule has 96 valence electrons. The second kappa shape index (κ2) is 5.50. The summed E-state index contributed by atoms with van der Waals surface area (Å²) in [5.41, 5.74) is -1.13. The highest BCUT2D eigenvalue weighted by atomic mass is 16.5. The van der Waals surface area contributed by atoms with Crippen molar-refractivity contribution in [3.63, 3.8) is 0 Å². The first-order valence-electron chi connectivity index (χ1n) is 6.35. The van der Waals surface area contributed by atoms with Gasteiger partial charge in [0.2, 0.25) is 5.91 Å². The zero-order chi connectivity index (χ0) is 12.9. The first kappa shape index (κ1) is 14.0. The Labute approximate surface area is 103 Å². The average molecular weight is 238 g/mol. The smallest absolute Gasteiger partial charge is 0.240 e. The van der Waals surface area contributed by atoms with Crippen LogP contribution in [0.4, 0.5) is 0 Å². The predicted molar refractivity (Wildman–Crippen MR) is 65.2 cm³/mol. The lowest BCUT2D eigenvalue weighted by molar-refractivity contribution is -0.129. The van der Waals surface area contributed by atoms with Crippen LogP contribution in [0.3, 0.4) is 0 Å². The van der Waals surface area contributed by atoms with Gasteiger partial charge in [0.05, 0.1) is 11.7 Å². The van der Waals surface area contributed by atoms with Gasteiger partial charge < -0.3 is 10.1 Å². The number of nitriles is 1. The number of amides is 1. The van der Waals surface area contributed by atoms with Crippen LogP contribution in [0.2, 0.25) is 0 Å². The number of carbonyl (C=O) groups excluding carboxylic acids is 1. The number of hydrogen-bond acceptors (Lipinski definition) is 3. The fraction of sp³-hybridized carbons (Fsp3) is 0.846. The Morgan fingerprint density at radius 1 is 1.53 bits per heavy atom. The van der Waals surface area contributed by atoms with Crippen LogP contribution in [0, 0.1) is 16.7 Å². The maximum atomic E-state index is 12.1. The van der Waals surface area contributed by atoms with Crippen LogP contribution in [-0.2, 0) is 9.53 Å². The van der Waals surface area contributed by atoms with E-state index in [1.165, 1.54) is 0 Å². The van der Waals surface area contributed by atoms with E-state index < -0.39 is 5.41 Å². The van der Waals surface area contributed by atoms with E-state index in [4.69, 9.17) is 10.00 Å². The minimum Gasteiger partial charge on any atom is -0.373 e. The van der Waals surface area contributed by atoms with E-state index in [1.54, 1.807) is 0 Å². The lowest BCUT2D eigenvalue weighted by Gasteiger charge is -2.27. The van der Waals surface area contributed by atoms with Gasteiger partial charge in [-0.05, 0) is 32.6 Å². The van der Waals surface area contributed by atoms with Gasteiger partial charge in [-0.25, -0.2) is 0 Å². The number of rotatable bonds is 5. The summed E-state index contributed by atoms with van der Waals surface area (Å²) < 4.78 is 5.61. The summed E-state index contributed by atoms with van der Waals surface area (Å²) in [6.07, 6.45) is 3.09. The van der Waals surface area contributed by atoms with Gasteiger partial charge in [0.25, 0.3) is 0 Å². The van der Waals surface area contributed by atoms with E-state index >= 15 is 0 Å². The highest BCUT2D eigenvalue weighted by Crippen LogP contribution is 2.27. The third-order valence-corrected chi connectivity index (χ3v) is 3.78. The van der Waals surface area contributed by atoms with Crippen molar-refractivity contribution in [1.82, 2.24) is 5.32 Å². The van der Waals surface area contributed by atoms with Crippen molar-refractivity contribution >= 4 is 5.91 Å². The first-order chi connectivity index (χ1) is 8.02. The average Bonchev–Trinajstić information content (AvgIpc) is 2.77. The van der Waals surface area contributed by atoms with Gasteiger partial charge >= 0.3 is 0 Å². The van der Waals surface area contributed by atoms with Gasteiger partial charge in [-0.1, -0.05) is 13.8 Å². The molecule has 1 aliphatic heterocycles. The topological polar surface area (TPSA) is 62.1 Å². The number of carbonyl (C=O) groups is 1. The highest BCUT2D eigenvalue weighted by molar-refractivity contribution is 5.85. The minimum absolute atomic E-state index is 0.165. The monoisotopic (exact) mass is 238 g/mol. The lowest BCUT2D eigenvalue weighted by Crippen LogP contribution is -2.46. The Bertz CT molecular complexity index is 310. The van der Waals surface area contributed by atoms with Gasteiger partial charge in [-0.2, -0.15) is 5.26 Å². The van der Waals surface area contributed by atoms with E-state index in [2.05, 4.69) is 11.4 Å². The minimum atomic E-state index is -0.880. The molecule has 1 atom stereocenters. The Morgan fingerprint density at radius 2 is 2.18 bits per heavy atom. The van der Waals surface area contributed by atoms with Crippen LogP contribution in [-0.4, -0.2) is 24.7 Å². The number of nitrogens with zero attached hydrogens (tertiary/aromatic N) is 1. The van der Waals surface area contributed by atoms with Gasteiger partial charge in [0, 0.05) is 13.2 Å². The lowest BCUT2D eigenvalue weighted by atomic mass is 9.83. The molecule has 4 nitrogen and oxygen atoms in total. The molecule has 1 saturated heterocycles. The molecule has 4 heteroatoms. The summed E-state index contributed by atoms with van der Waals surface area (Å²) in [6, 6.07) is 2.15. The summed E-state index contributed by atoms with van der Waals surface area (Å²) >= 11 is 0. The molecular weight excluding hydrogens is 216 g/mol. The number of nitrogens with one attached hydrogen (secondary N) is 1. The van der Waals surface area contributed by atoms with Crippen LogP contribution < -0.4 is 5.32 Å². The van der Waals surface area contributed by atoms with Crippen LogP contribution >= 0.6 is 0 Å². The third-order valence-electron chi connectivity index (χ3n) is 3.78. The third kappa shape index (κ3) is 2.98. The fourth-order valence-corrected chi connectivity index (χ4v) is 2.19. The van der Waals surface area contributed by atoms with Crippen LogP contribution in [0.5, 0.6) is 0 Å². The molecule has 17 heavy (non-hydrogen) atoms. The normalized spacial score (nSPS) is 24.4. The number of hydrogen-bond donors (Lipinski definition) is 1. The Hall–Kier alpha value is -1.08. The molecule has 0 saturated carbocycles. The van der Waals surface area contributed by atoms with Gasteiger partial charge in [0.15, 0.2) is 0 Å². The molecule has 0 aromatic rings. The highest BCUT2D eigenvalue weighted by Gasteiger charge is 2.37. The Balaban J connectivity index is 2.57. The zero-order valence-electron chi connectivity index (χ0n) is 11.0. The van der Waals surface area contributed by atoms with E-state index in [0.717, 1.165) is 19.4 Å². The fourth-order valence-electron chi connectivity index (χ4n) is 2.19. The molecule has 0 aromatic carbocycles. The molecule has 0 radical (unpaired) electrons. The largest absolute Gasteiger partial charge is 0.373 e. The molecule has 0 aliphatic carbocycles. The molecule has 0 aromatic heterocycles. The van der Waals surface area contributed by atoms with Crippen molar-refractivity contribution in [3.8, 4) is 6.07 Å². The van der Waals surface area contributed by atoms with E-state index in [9.17, 15) is 4.79 Å². The van der Waals surface area contributed by atoms with Crippen LogP contribution in [0.25, 0.3) is 0 Å². The maximum Gasteiger partial charge on any atom is 0.240 e. The molecule has 0 spiro atoms. The molecule has 1 amide bonds. The summed E-state index contributed by atoms with van der Waals surface area (Å²) in [4.78, 5) is 12.1. The molecule has 1 heterocycles. The molecule has 0 bridgehead atoms. The van der Waals surface area contributed by atoms with E-state index in [-0.39, 0.29) is 11.5 Å².